The number of aromatic nitrogens is 5. The lowest BCUT2D eigenvalue weighted by molar-refractivity contribution is 0.0130. The zero-order valence-electron chi connectivity index (χ0n) is 27.4. The van der Waals surface area contributed by atoms with Gasteiger partial charge in [-0.2, -0.15) is 4.98 Å². The average Bonchev–Trinajstić information content (AvgIpc) is 2.97. The van der Waals surface area contributed by atoms with Gasteiger partial charge in [-0.3, -0.25) is 0 Å². The largest absolute Gasteiger partial charge is 0.444 e. The maximum Gasteiger partial charge on any atom is 0.410 e. The van der Waals surface area contributed by atoms with Gasteiger partial charge in [0.15, 0.2) is 11.5 Å². The lowest BCUT2D eigenvalue weighted by Crippen LogP contribution is -2.59. The van der Waals surface area contributed by atoms with Gasteiger partial charge in [0.25, 0.3) is 0 Å². The first-order valence-corrected chi connectivity index (χ1v) is 15.6. The number of benzene rings is 1. The normalized spacial score (nSPS) is 17.1. The van der Waals surface area contributed by atoms with E-state index in [2.05, 4.69) is 21.5 Å². The zero-order chi connectivity index (χ0) is 33.7. The Morgan fingerprint density at radius 1 is 1.11 bits per heavy atom. The van der Waals surface area contributed by atoms with E-state index in [4.69, 9.17) is 21.3 Å². The molecule has 5 rings (SSSR count). The molecule has 1 fully saturated rings. The molecule has 1 aliphatic heterocycles. The SMILES string of the molecule is C=Cc1nc(C)c(-n2c(=O)nc(N3C[C@@H](C)N(C(=O)OC(C)(C)C)C[C@@H]3C)c3cc(Cl)c(-c4ccccc4F)nc32)c(C(C)C)n1. The number of pyridine rings is 1. The Balaban J connectivity index is 1.77. The molecule has 0 bridgehead atoms. The minimum Gasteiger partial charge on any atom is -0.444 e. The smallest absolute Gasteiger partial charge is 0.410 e. The molecule has 1 amide bonds. The Morgan fingerprint density at radius 2 is 1.80 bits per heavy atom. The highest BCUT2D eigenvalue weighted by Gasteiger charge is 2.36. The second-order valence-corrected chi connectivity index (χ2v) is 13.4. The molecule has 0 N–H and O–H groups in total. The van der Waals surface area contributed by atoms with E-state index in [9.17, 15) is 9.59 Å². The van der Waals surface area contributed by atoms with Crippen molar-refractivity contribution in [3.05, 3.63) is 75.4 Å². The van der Waals surface area contributed by atoms with Crippen LogP contribution in [0, 0.1) is 12.7 Å². The van der Waals surface area contributed by atoms with Gasteiger partial charge in [0.1, 0.15) is 17.2 Å². The van der Waals surface area contributed by atoms with Crippen molar-refractivity contribution in [2.45, 2.75) is 79.0 Å². The Morgan fingerprint density at radius 3 is 2.43 bits per heavy atom. The van der Waals surface area contributed by atoms with Gasteiger partial charge in [0, 0.05) is 30.7 Å². The van der Waals surface area contributed by atoms with E-state index in [1.165, 1.54) is 10.6 Å². The predicted molar refractivity (Wildman–Crippen MR) is 179 cm³/mol. The van der Waals surface area contributed by atoms with Crippen LogP contribution in [0.2, 0.25) is 5.02 Å². The van der Waals surface area contributed by atoms with Crippen LogP contribution in [0.4, 0.5) is 15.0 Å². The summed E-state index contributed by atoms with van der Waals surface area (Å²) in [5, 5.41) is 0.675. The molecule has 0 spiro atoms. The summed E-state index contributed by atoms with van der Waals surface area (Å²) in [4.78, 5) is 49.6. The number of carbonyl (C=O) groups is 1. The van der Waals surface area contributed by atoms with Crippen LogP contribution in [0.5, 0.6) is 0 Å². The molecule has 1 saturated heterocycles. The van der Waals surface area contributed by atoms with Crippen LogP contribution in [0.1, 0.15) is 71.6 Å². The van der Waals surface area contributed by atoms with E-state index >= 15 is 4.39 Å². The van der Waals surface area contributed by atoms with Gasteiger partial charge in [0.05, 0.1) is 33.2 Å². The number of carbonyl (C=O) groups excluding carboxylic acids is 1. The standard InChI is InChI=1S/C34H39ClFN7O3/c1-10-26-37-21(6)29(27(38-26)18(2)3)43-31-23(15-24(35)28(39-31)22-13-11-12-14-25(22)36)30(40-32(43)44)41-16-20(5)42(17-19(41)4)33(45)46-34(7,8)9/h10-15,18-20H,1,16-17H2,2-9H3/t19-,20+/m0/s1. The predicted octanol–water partition coefficient (Wildman–Crippen LogP) is 6.94. The molecule has 2 atom stereocenters. The lowest BCUT2D eigenvalue weighted by Gasteiger charge is -2.44. The third kappa shape index (κ3) is 6.20. The van der Waals surface area contributed by atoms with Crippen LogP contribution < -0.4 is 10.6 Å². The first-order chi connectivity index (χ1) is 21.6. The van der Waals surface area contributed by atoms with Crippen LogP contribution in [-0.2, 0) is 4.74 Å². The van der Waals surface area contributed by atoms with Crippen LogP contribution in [-0.4, -0.2) is 66.3 Å². The van der Waals surface area contributed by atoms with Crippen molar-refractivity contribution in [1.29, 1.82) is 0 Å². The maximum absolute atomic E-state index is 15.1. The number of anilines is 1. The van der Waals surface area contributed by atoms with Gasteiger partial charge in [-0.1, -0.05) is 44.2 Å². The molecule has 0 radical (unpaired) electrons. The average molecular weight is 648 g/mol. The fraction of sp³-hybridized carbons (Fsp3) is 0.412. The minimum absolute atomic E-state index is 0.0998. The number of ether oxygens (including phenoxy) is 1. The van der Waals surface area contributed by atoms with Gasteiger partial charge >= 0.3 is 11.8 Å². The molecule has 0 aliphatic carbocycles. The molecule has 10 nitrogen and oxygen atoms in total. The quantitative estimate of drug-likeness (QED) is 0.229. The number of aryl methyl sites for hydroxylation is 1. The molecule has 46 heavy (non-hydrogen) atoms. The Bertz CT molecular complexity index is 1900. The lowest BCUT2D eigenvalue weighted by atomic mass is 10.1. The molecule has 12 heteroatoms. The number of nitrogens with zero attached hydrogens (tertiary/aromatic N) is 7. The minimum atomic E-state index is -0.641. The zero-order valence-corrected chi connectivity index (χ0v) is 28.2. The van der Waals surface area contributed by atoms with Crippen molar-refractivity contribution in [2.75, 3.05) is 18.0 Å². The van der Waals surface area contributed by atoms with Crippen molar-refractivity contribution in [1.82, 2.24) is 29.4 Å². The summed E-state index contributed by atoms with van der Waals surface area (Å²) >= 11 is 6.83. The van der Waals surface area contributed by atoms with Crippen LogP contribution in [0.3, 0.4) is 0 Å². The monoisotopic (exact) mass is 647 g/mol. The Kier molecular flexibility index (Phi) is 8.92. The highest BCUT2D eigenvalue weighted by molar-refractivity contribution is 6.33. The van der Waals surface area contributed by atoms with Crippen molar-refractivity contribution in [3.8, 4) is 16.9 Å². The molecule has 242 valence electrons. The van der Waals surface area contributed by atoms with Crippen molar-refractivity contribution in [2.24, 2.45) is 0 Å². The summed E-state index contributed by atoms with van der Waals surface area (Å²) in [6.07, 6.45) is 1.15. The van der Waals surface area contributed by atoms with E-state index in [1.807, 2.05) is 53.4 Å². The van der Waals surface area contributed by atoms with Crippen molar-refractivity contribution >= 4 is 40.6 Å². The summed E-state index contributed by atoms with van der Waals surface area (Å²) in [7, 11) is 0. The number of halogens is 2. The Labute approximate surface area is 272 Å². The number of amides is 1. The Hall–Kier alpha value is -4.38. The second-order valence-electron chi connectivity index (χ2n) is 13.0. The first-order valence-electron chi connectivity index (χ1n) is 15.3. The summed E-state index contributed by atoms with van der Waals surface area (Å²) in [5.74, 6) is 0.192. The van der Waals surface area contributed by atoms with Gasteiger partial charge < -0.3 is 14.5 Å². The number of hydrogen-bond acceptors (Lipinski definition) is 8. The fourth-order valence-corrected chi connectivity index (χ4v) is 6.00. The second kappa shape index (κ2) is 12.4. The third-order valence-corrected chi connectivity index (χ3v) is 8.16. The van der Waals surface area contributed by atoms with Gasteiger partial charge in [-0.15, -0.1) is 0 Å². The van der Waals surface area contributed by atoms with Crippen molar-refractivity contribution in [3.63, 3.8) is 0 Å². The maximum atomic E-state index is 15.1. The summed E-state index contributed by atoms with van der Waals surface area (Å²) in [5.41, 5.74) is 0.942. The fourth-order valence-electron chi connectivity index (χ4n) is 5.75. The molecule has 1 aromatic carbocycles. The van der Waals surface area contributed by atoms with E-state index < -0.39 is 23.2 Å². The van der Waals surface area contributed by atoms with Gasteiger partial charge in [0.2, 0.25) is 0 Å². The van der Waals surface area contributed by atoms with Gasteiger partial charge in [-0.05, 0) is 71.7 Å². The molecular formula is C34H39ClFN7O3. The van der Waals surface area contributed by atoms with Crippen LogP contribution in [0.15, 0.2) is 41.7 Å². The van der Waals surface area contributed by atoms with Crippen LogP contribution in [0.25, 0.3) is 34.1 Å². The molecule has 3 aromatic heterocycles. The molecule has 4 heterocycles. The summed E-state index contributed by atoms with van der Waals surface area (Å²) in [6, 6.07) is 7.36. The third-order valence-electron chi connectivity index (χ3n) is 7.87. The highest BCUT2D eigenvalue weighted by Crippen LogP contribution is 2.36. The van der Waals surface area contributed by atoms with E-state index in [0.717, 1.165) is 0 Å². The topological polar surface area (TPSA) is 106 Å². The number of piperazine rings is 1. The molecule has 4 aromatic rings. The summed E-state index contributed by atoms with van der Waals surface area (Å²) in [6.45, 7) is 19.6. The number of hydrogen-bond donors (Lipinski definition) is 0. The van der Waals surface area contributed by atoms with E-state index in [1.54, 1.807) is 42.2 Å². The first kappa shape index (κ1) is 33.0. The van der Waals surface area contributed by atoms with Crippen molar-refractivity contribution < 1.29 is 13.9 Å². The van der Waals surface area contributed by atoms with Crippen LogP contribution >= 0.6 is 11.6 Å². The molecule has 1 aliphatic rings. The molecular weight excluding hydrogens is 609 g/mol. The molecule has 0 saturated carbocycles. The highest BCUT2D eigenvalue weighted by atomic mass is 35.5. The van der Waals surface area contributed by atoms with E-state index in [0.29, 0.717) is 47.2 Å². The van der Waals surface area contributed by atoms with Gasteiger partial charge in [-0.25, -0.2) is 33.5 Å². The molecule has 0 unspecified atom stereocenters. The summed E-state index contributed by atoms with van der Waals surface area (Å²) < 4.78 is 22.1. The number of fused-ring (bicyclic) bond motifs is 1. The van der Waals surface area contributed by atoms with E-state index in [-0.39, 0.29) is 39.9 Å². The number of rotatable bonds is 5.